The fraction of sp³-hybridized carbons (Fsp3) is 0.786. The van der Waals surface area contributed by atoms with Crippen LogP contribution in [0, 0.1) is 34.5 Å². The van der Waals surface area contributed by atoms with Gasteiger partial charge in [0.05, 0.1) is 29.7 Å². The van der Waals surface area contributed by atoms with Crippen LogP contribution in [0.3, 0.4) is 0 Å². The fourth-order valence-corrected chi connectivity index (χ4v) is 9.18. The van der Waals surface area contributed by atoms with Crippen molar-refractivity contribution in [2.75, 3.05) is 24.3 Å². The van der Waals surface area contributed by atoms with E-state index in [4.69, 9.17) is 11.5 Å². The number of rotatable bonds is 5. The van der Waals surface area contributed by atoms with E-state index < -0.39 is 5.60 Å². The molecule has 1 aromatic heterocycles. The second-order valence-electron chi connectivity index (χ2n) is 13.0. The molecule has 6 N–H and O–H groups in total. The number of aromatic nitrogens is 1. The van der Waals surface area contributed by atoms with E-state index in [1.54, 1.807) is 18.5 Å². The summed E-state index contributed by atoms with van der Waals surface area (Å²) in [6, 6.07) is 1.76. The third kappa shape index (κ3) is 3.72. The summed E-state index contributed by atoms with van der Waals surface area (Å²) in [6.45, 7) is 7.07. The number of carbonyl (C=O) groups is 1. The van der Waals surface area contributed by atoms with Crippen LogP contribution in [0.15, 0.2) is 18.5 Å². The molecule has 4 fully saturated rings. The number of nitrogens with two attached hydrogens (primary N) is 2. The van der Waals surface area contributed by atoms with Crippen LogP contribution in [0.5, 0.6) is 0 Å². The Morgan fingerprint density at radius 1 is 1.14 bits per heavy atom. The topological polar surface area (TPSA) is 118 Å². The van der Waals surface area contributed by atoms with Crippen molar-refractivity contribution in [3.05, 3.63) is 18.5 Å². The zero-order chi connectivity index (χ0) is 25.2. The number of Topliss-reactive ketones (excluding diaryl/α,β-unsaturated/α-hetero) is 1. The molecule has 0 radical (unpaired) electrons. The van der Waals surface area contributed by atoms with Crippen LogP contribution in [0.1, 0.15) is 78.6 Å². The van der Waals surface area contributed by atoms with Gasteiger partial charge in [0.25, 0.3) is 0 Å². The molecule has 0 spiro atoms. The molecule has 4 aliphatic rings. The number of aliphatic hydroxyl groups is 1. The van der Waals surface area contributed by atoms with Gasteiger partial charge in [-0.25, -0.2) is 5.43 Å². The fourth-order valence-electron chi connectivity index (χ4n) is 9.18. The quantitative estimate of drug-likeness (QED) is 0.472. The van der Waals surface area contributed by atoms with Crippen molar-refractivity contribution in [2.24, 2.45) is 40.2 Å². The lowest BCUT2D eigenvalue weighted by Gasteiger charge is -2.67. The van der Waals surface area contributed by atoms with E-state index >= 15 is 0 Å². The number of nitrogen functional groups attached to an aromatic ring is 1. The molecule has 0 saturated heterocycles. The molecular formula is C28H45N5O2. The van der Waals surface area contributed by atoms with E-state index in [0.29, 0.717) is 23.4 Å². The molecule has 8 atom stereocenters. The number of hydrogen-bond acceptors (Lipinski definition) is 7. The van der Waals surface area contributed by atoms with Gasteiger partial charge in [-0.15, -0.1) is 0 Å². The van der Waals surface area contributed by atoms with Crippen LogP contribution in [0.4, 0.5) is 11.4 Å². The molecule has 194 valence electrons. The molecule has 1 aromatic rings. The maximum absolute atomic E-state index is 13.8. The number of carbonyl (C=O) groups excluding carboxylic acids is 1. The number of anilines is 2. The van der Waals surface area contributed by atoms with Gasteiger partial charge in [0.2, 0.25) is 0 Å². The van der Waals surface area contributed by atoms with Crippen molar-refractivity contribution in [2.45, 2.75) is 89.7 Å². The average molecular weight is 484 g/mol. The van der Waals surface area contributed by atoms with Gasteiger partial charge >= 0.3 is 0 Å². The Bertz CT molecular complexity index is 984. The highest BCUT2D eigenvalue weighted by molar-refractivity contribution is 5.87. The maximum Gasteiger partial charge on any atom is 0.157 e. The number of hydrogen-bond donors (Lipinski definition) is 4. The summed E-state index contributed by atoms with van der Waals surface area (Å²) in [4.78, 5) is 18.0. The van der Waals surface area contributed by atoms with Crippen molar-refractivity contribution in [1.82, 2.24) is 10.4 Å². The minimum Gasteiger partial charge on any atom is -0.397 e. The van der Waals surface area contributed by atoms with E-state index in [2.05, 4.69) is 24.3 Å². The Morgan fingerprint density at radius 3 is 2.60 bits per heavy atom. The standard InChI is InChI=1S/C28H45N5O2/c1-25(35)10-12-27(3)18(15-25)5-6-20-19-7-8-21(26(19,2)11-13-28(20,27)30)24(34)17-33(31-4)23-16-32-14-9-22(23)29/h9,14,16,18-21,31,35H,5-8,10-13,15,17,30H2,1-4H3,(H2,29,32)/t18-,19-,20-,21+,25+,26?,27-,28+/m0/s1. The Labute approximate surface area is 210 Å². The highest BCUT2D eigenvalue weighted by atomic mass is 16.3. The van der Waals surface area contributed by atoms with E-state index in [0.717, 1.165) is 63.5 Å². The third-order valence-corrected chi connectivity index (χ3v) is 11.4. The molecule has 4 saturated carbocycles. The molecular weight excluding hydrogens is 438 g/mol. The van der Waals surface area contributed by atoms with Crippen molar-refractivity contribution in [3.8, 4) is 0 Å². The molecule has 1 heterocycles. The second-order valence-corrected chi connectivity index (χ2v) is 13.0. The van der Waals surface area contributed by atoms with Crippen molar-refractivity contribution in [1.29, 1.82) is 0 Å². The Morgan fingerprint density at radius 2 is 1.89 bits per heavy atom. The van der Waals surface area contributed by atoms with E-state index in [-0.39, 0.29) is 34.6 Å². The van der Waals surface area contributed by atoms with Gasteiger partial charge in [0.1, 0.15) is 0 Å². The predicted molar refractivity (Wildman–Crippen MR) is 139 cm³/mol. The molecule has 7 heteroatoms. The minimum absolute atomic E-state index is 0.00608. The van der Waals surface area contributed by atoms with Gasteiger partial charge in [-0.2, -0.15) is 0 Å². The summed E-state index contributed by atoms with van der Waals surface area (Å²) in [6.07, 6.45) is 12.4. The summed E-state index contributed by atoms with van der Waals surface area (Å²) >= 11 is 0. The van der Waals surface area contributed by atoms with Gasteiger partial charge < -0.3 is 16.6 Å². The summed E-state index contributed by atoms with van der Waals surface area (Å²) in [5, 5.41) is 12.6. The van der Waals surface area contributed by atoms with Gasteiger partial charge in [-0.05, 0) is 99.4 Å². The Hall–Kier alpha value is -1.70. The van der Waals surface area contributed by atoms with Crippen LogP contribution >= 0.6 is 0 Å². The lowest BCUT2D eigenvalue weighted by atomic mass is 9.40. The summed E-state index contributed by atoms with van der Waals surface area (Å²) in [5.41, 5.74) is 17.4. The van der Waals surface area contributed by atoms with Gasteiger partial charge in [0.15, 0.2) is 5.78 Å². The SMILES string of the molecule is CNN(CC(=O)[C@H]1CC[C@H]2[C@@H]3CC[C@H]4C[C@](C)(O)CC[C@]4(C)[C@@]3(N)CCC12C)c1cnccc1N. The zero-order valence-corrected chi connectivity index (χ0v) is 22.0. The molecule has 4 aliphatic carbocycles. The lowest BCUT2D eigenvalue weighted by Crippen LogP contribution is -2.70. The van der Waals surface area contributed by atoms with Crippen LogP contribution < -0.4 is 21.9 Å². The smallest absolute Gasteiger partial charge is 0.157 e. The number of fused-ring (bicyclic) bond motifs is 5. The molecule has 35 heavy (non-hydrogen) atoms. The molecule has 1 unspecified atom stereocenters. The first-order valence-corrected chi connectivity index (χ1v) is 13.6. The first-order valence-electron chi connectivity index (χ1n) is 13.6. The first kappa shape index (κ1) is 25.0. The van der Waals surface area contributed by atoms with Crippen LogP contribution in [-0.4, -0.2) is 40.6 Å². The van der Waals surface area contributed by atoms with E-state index in [9.17, 15) is 9.90 Å². The van der Waals surface area contributed by atoms with Crippen LogP contribution in [-0.2, 0) is 4.79 Å². The number of nitrogens with zero attached hydrogens (tertiary/aromatic N) is 2. The maximum atomic E-state index is 13.8. The normalized spacial score (nSPS) is 44.7. The second kappa shape index (κ2) is 8.42. The van der Waals surface area contributed by atoms with Crippen molar-refractivity contribution >= 4 is 17.2 Å². The number of pyridine rings is 1. The highest BCUT2D eigenvalue weighted by Crippen LogP contribution is 2.68. The summed E-state index contributed by atoms with van der Waals surface area (Å²) in [5.74, 6) is 1.76. The van der Waals surface area contributed by atoms with Crippen LogP contribution in [0.2, 0.25) is 0 Å². The van der Waals surface area contributed by atoms with Crippen molar-refractivity contribution < 1.29 is 9.90 Å². The summed E-state index contributed by atoms with van der Waals surface area (Å²) in [7, 11) is 1.82. The number of ketones is 1. The predicted octanol–water partition coefficient (Wildman–Crippen LogP) is 3.66. The molecule has 0 amide bonds. The molecule has 0 aliphatic heterocycles. The summed E-state index contributed by atoms with van der Waals surface area (Å²) < 4.78 is 0. The number of nitrogens with one attached hydrogen (secondary N) is 1. The first-order chi connectivity index (χ1) is 16.5. The highest BCUT2D eigenvalue weighted by Gasteiger charge is 2.67. The molecule has 7 nitrogen and oxygen atoms in total. The number of hydrazine groups is 1. The monoisotopic (exact) mass is 483 g/mol. The van der Waals surface area contributed by atoms with Crippen LogP contribution in [0.25, 0.3) is 0 Å². The molecule has 5 rings (SSSR count). The molecule has 0 aromatic carbocycles. The Balaban J connectivity index is 1.36. The lowest BCUT2D eigenvalue weighted by molar-refractivity contribution is -0.161. The Kier molecular flexibility index (Phi) is 6.01. The minimum atomic E-state index is -0.557. The molecule has 0 bridgehead atoms. The average Bonchev–Trinajstić information content (AvgIpc) is 3.16. The van der Waals surface area contributed by atoms with Gasteiger partial charge in [-0.3, -0.25) is 14.8 Å². The van der Waals surface area contributed by atoms with Gasteiger partial charge in [-0.1, -0.05) is 13.8 Å². The van der Waals surface area contributed by atoms with E-state index in [1.807, 2.05) is 19.0 Å². The zero-order valence-electron chi connectivity index (χ0n) is 22.0. The third-order valence-electron chi connectivity index (χ3n) is 11.4. The largest absolute Gasteiger partial charge is 0.397 e. The van der Waals surface area contributed by atoms with E-state index in [1.165, 1.54) is 0 Å². The van der Waals surface area contributed by atoms with Crippen molar-refractivity contribution in [3.63, 3.8) is 0 Å². The van der Waals surface area contributed by atoms with Gasteiger partial charge in [0, 0.05) is 24.7 Å².